The Hall–Kier alpha value is -3.75. The van der Waals surface area contributed by atoms with Crippen LogP contribution in [-0.4, -0.2) is 0 Å². The molecule has 2 N–H and O–H groups in total. The van der Waals surface area contributed by atoms with E-state index in [1.165, 1.54) is 0 Å². The van der Waals surface area contributed by atoms with E-state index < -0.39 is 11.5 Å². The Bertz CT molecular complexity index is 956. The van der Waals surface area contributed by atoms with Crippen LogP contribution in [0.25, 0.3) is 0 Å². The molecule has 3 rings (SSSR count). The predicted molar refractivity (Wildman–Crippen MR) is 93.3 cm³/mol. The highest BCUT2D eigenvalue weighted by Gasteiger charge is 2.55. The minimum absolute atomic E-state index is 0.00661. The van der Waals surface area contributed by atoms with Crippen molar-refractivity contribution in [3.63, 3.8) is 0 Å². The summed E-state index contributed by atoms with van der Waals surface area (Å²) in [5.41, 5.74) is 7.09. The lowest BCUT2D eigenvalue weighted by atomic mass is 9.76. The lowest BCUT2D eigenvalue weighted by Crippen LogP contribution is -2.34. The highest BCUT2D eigenvalue weighted by Crippen LogP contribution is 2.52. The molecule has 0 unspecified atom stereocenters. The van der Waals surface area contributed by atoms with Crippen molar-refractivity contribution in [1.29, 1.82) is 15.8 Å². The summed E-state index contributed by atoms with van der Waals surface area (Å²) >= 11 is 0. The second-order valence-electron chi connectivity index (χ2n) is 5.93. The van der Waals surface area contributed by atoms with Crippen molar-refractivity contribution in [2.75, 3.05) is 4.90 Å². The number of rotatable bonds is 2. The smallest absolute Gasteiger partial charge is 0.206 e. The Morgan fingerprint density at radius 2 is 1.68 bits per heavy atom. The number of nitrogens with zero attached hydrogens (tertiary/aromatic N) is 4. The van der Waals surface area contributed by atoms with Gasteiger partial charge in [-0.2, -0.15) is 15.8 Å². The van der Waals surface area contributed by atoms with E-state index in [-0.39, 0.29) is 11.4 Å². The topological polar surface area (TPSA) is 101 Å². The summed E-state index contributed by atoms with van der Waals surface area (Å²) in [5.74, 6) is 0.144. The van der Waals surface area contributed by atoms with Crippen LogP contribution in [0.15, 0.2) is 66.0 Å². The maximum absolute atomic E-state index is 9.85. The Morgan fingerprint density at radius 1 is 1.00 bits per heavy atom. The highest BCUT2D eigenvalue weighted by atomic mass is 15.3. The second kappa shape index (κ2) is 6.04. The van der Waals surface area contributed by atoms with E-state index in [9.17, 15) is 15.8 Å². The molecule has 0 bridgehead atoms. The number of nitrogens with two attached hydrogens (primary N) is 1. The van der Waals surface area contributed by atoms with Crippen LogP contribution in [0, 0.1) is 46.3 Å². The molecule has 0 saturated heterocycles. The molecule has 1 aliphatic rings. The van der Waals surface area contributed by atoms with Crippen LogP contribution in [0.4, 0.5) is 5.69 Å². The summed E-state index contributed by atoms with van der Waals surface area (Å²) in [4.78, 5) is 1.72. The quantitative estimate of drug-likeness (QED) is 0.913. The Kier molecular flexibility index (Phi) is 3.89. The van der Waals surface area contributed by atoms with Gasteiger partial charge in [-0.1, -0.05) is 42.5 Å². The van der Waals surface area contributed by atoms with Gasteiger partial charge in [0.15, 0.2) is 0 Å². The van der Waals surface area contributed by atoms with Crippen LogP contribution < -0.4 is 10.6 Å². The first-order valence-corrected chi connectivity index (χ1v) is 7.72. The van der Waals surface area contributed by atoms with Crippen molar-refractivity contribution >= 4 is 5.69 Å². The van der Waals surface area contributed by atoms with Crippen LogP contribution in [0.5, 0.6) is 0 Å². The van der Waals surface area contributed by atoms with Crippen molar-refractivity contribution in [2.24, 2.45) is 11.1 Å². The van der Waals surface area contributed by atoms with Gasteiger partial charge in [-0.15, -0.1) is 0 Å². The molecular formula is C20H15N5. The minimum Gasteiger partial charge on any atom is -0.384 e. The van der Waals surface area contributed by atoms with Crippen molar-refractivity contribution in [1.82, 2.24) is 0 Å². The summed E-state index contributed by atoms with van der Waals surface area (Å²) < 4.78 is 0. The monoisotopic (exact) mass is 325 g/mol. The molecule has 0 radical (unpaired) electrons. The number of benzene rings is 2. The first kappa shape index (κ1) is 16.1. The number of aryl methyl sites for hydroxylation is 1. The zero-order valence-corrected chi connectivity index (χ0v) is 13.6. The summed E-state index contributed by atoms with van der Waals surface area (Å²) in [7, 11) is 0. The molecule has 120 valence electrons. The third-order valence-corrected chi connectivity index (χ3v) is 4.44. The fraction of sp³-hybridized carbons (Fsp3) is 0.150. The van der Waals surface area contributed by atoms with Gasteiger partial charge < -0.3 is 10.6 Å². The SMILES string of the molecule is Cc1cccc(N2C(N)=C(C#N)C(C#N)(C#N)[C@@H]2c2ccccc2)c1. The maximum Gasteiger partial charge on any atom is 0.206 e. The van der Waals surface area contributed by atoms with Crippen LogP contribution in [0.2, 0.25) is 0 Å². The Morgan fingerprint density at radius 3 is 2.24 bits per heavy atom. The first-order valence-electron chi connectivity index (χ1n) is 7.72. The molecular weight excluding hydrogens is 310 g/mol. The van der Waals surface area contributed by atoms with Crippen molar-refractivity contribution in [2.45, 2.75) is 13.0 Å². The molecule has 0 fully saturated rings. The van der Waals surface area contributed by atoms with Gasteiger partial charge in [-0.3, -0.25) is 0 Å². The molecule has 1 heterocycles. The molecule has 1 aliphatic heterocycles. The van der Waals surface area contributed by atoms with Gasteiger partial charge in [0.1, 0.15) is 17.5 Å². The van der Waals surface area contributed by atoms with E-state index in [1.54, 1.807) is 4.90 Å². The van der Waals surface area contributed by atoms with E-state index in [2.05, 4.69) is 12.1 Å². The average Bonchev–Trinajstić information content (AvgIpc) is 2.90. The lowest BCUT2D eigenvalue weighted by Gasteiger charge is -2.32. The number of hydrogen-bond donors (Lipinski definition) is 1. The van der Waals surface area contributed by atoms with Crippen LogP contribution in [0.3, 0.4) is 0 Å². The number of hydrogen-bond acceptors (Lipinski definition) is 5. The summed E-state index contributed by atoms with van der Waals surface area (Å²) in [5, 5.41) is 29.3. The normalized spacial score (nSPS) is 18.3. The largest absolute Gasteiger partial charge is 0.384 e. The minimum atomic E-state index is -1.66. The highest BCUT2D eigenvalue weighted by molar-refractivity contribution is 5.67. The fourth-order valence-corrected chi connectivity index (χ4v) is 3.30. The zero-order valence-electron chi connectivity index (χ0n) is 13.6. The van der Waals surface area contributed by atoms with Crippen LogP contribution in [-0.2, 0) is 0 Å². The molecule has 2 aromatic rings. The van der Waals surface area contributed by atoms with Gasteiger partial charge in [-0.05, 0) is 30.2 Å². The third kappa shape index (κ3) is 2.29. The van der Waals surface area contributed by atoms with Gasteiger partial charge in [0.05, 0.1) is 18.2 Å². The summed E-state index contributed by atoms with van der Waals surface area (Å²) in [6.45, 7) is 1.95. The Balaban J connectivity index is 2.32. The van der Waals surface area contributed by atoms with E-state index >= 15 is 0 Å². The first-order chi connectivity index (χ1) is 12.1. The third-order valence-electron chi connectivity index (χ3n) is 4.44. The molecule has 0 aromatic heterocycles. The van der Waals surface area contributed by atoms with E-state index in [0.29, 0.717) is 0 Å². The van der Waals surface area contributed by atoms with E-state index in [1.807, 2.05) is 67.6 Å². The standard InChI is InChI=1S/C20H15N5/c1-14-6-5-9-16(10-14)25-18(15-7-3-2-4-8-15)20(12-22,13-23)17(11-21)19(25)24/h2-10,18H,24H2,1H3/t18-/m0/s1. The lowest BCUT2D eigenvalue weighted by molar-refractivity contribution is 0.521. The molecule has 25 heavy (non-hydrogen) atoms. The van der Waals surface area contributed by atoms with Crippen molar-refractivity contribution < 1.29 is 0 Å². The molecule has 5 nitrogen and oxygen atoms in total. The second-order valence-corrected chi connectivity index (χ2v) is 5.93. The van der Waals surface area contributed by atoms with Crippen LogP contribution in [0.1, 0.15) is 17.2 Å². The molecule has 5 heteroatoms. The van der Waals surface area contributed by atoms with Crippen LogP contribution >= 0.6 is 0 Å². The zero-order chi connectivity index (χ0) is 18.0. The molecule has 2 aromatic carbocycles. The maximum atomic E-state index is 9.85. The number of nitriles is 3. The average molecular weight is 325 g/mol. The summed E-state index contributed by atoms with van der Waals surface area (Å²) in [6.07, 6.45) is 0. The fourth-order valence-electron chi connectivity index (χ4n) is 3.30. The van der Waals surface area contributed by atoms with Gasteiger partial charge in [-0.25, -0.2) is 0 Å². The summed E-state index contributed by atoms with van der Waals surface area (Å²) in [6, 6.07) is 22.2. The van der Waals surface area contributed by atoms with Gasteiger partial charge in [0.2, 0.25) is 5.41 Å². The molecule has 0 amide bonds. The van der Waals surface area contributed by atoms with Crippen molar-refractivity contribution in [3.05, 3.63) is 77.1 Å². The van der Waals surface area contributed by atoms with Gasteiger partial charge in [0.25, 0.3) is 0 Å². The molecule has 0 aliphatic carbocycles. The van der Waals surface area contributed by atoms with E-state index in [0.717, 1.165) is 16.8 Å². The van der Waals surface area contributed by atoms with Gasteiger partial charge >= 0.3 is 0 Å². The molecule has 0 saturated carbocycles. The van der Waals surface area contributed by atoms with Gasteiger partial charge in [0, 0.05) is 5.69 Å². The Labute approximate surface area is 146 Å². The van der Waals surface area contributed by atoms with Crippen molar-refractivity contribution in [3.8, 4) is 18.2 Å². The number of anilines is 1. The predicted octanol–water partition coefficient (Wildman–Crippen LogP) is 3.28. The molecule has 0 spiro atoms. The molecule has 1 atom stereocenters. The van der Waals surface area contributed by atoms with E-state index in [4.69, 9.17) is 5.73 Å².